The molecule has 0 amide bonds. The molecule has 6 heteroatoms. The highest BCUT2D eigenvalue weighted by Gasteiger charge is 1.99. The van der Waals surface area contributed by atoms with Gasteiger partial charge < -0.3 is 5.11 Å². The van der Waals surface area contributed by atoms with Crippen molar-refractivity contribution in [1.82, 2.24) is 20.6 Å². The third-order valence-corrected chi connectivity index (χ3v) is 2.25. The predicted octanol–water partition coefficient (Wildman–Crippen LogP) is 1.06. The van der Waals surface area contributed by atoms with Gasteiger partial charge in [-0.1, -0.05) is 0 Å². The van der Waals surface area contributed by atoms with Crippen molar-refractivity contribution in [3.05, 3.63) is 24.3 Å². The quantitative estimate of drug-likeness (QED) is 0.747. The lowest BCUT2D eigenvalue weighted by Gasteiger charge is -1.95. The van der Waals surface area contributed by atoms with Gasteiger partial charge >= 0.3 is 0 Å². The number of nitrogens with one attached hydrogen (secondary N) is 1. The van der Waals surface area contributed by atoms with E-state index in [2.05, 4.69) is 20.6 Å². The molecule has 0 fully saturated rings. The molecule has 2 N–H and O–H groups in total. The van der Waals surface area contributed by atoms with E-state index in [0.717, 1.165) is 4.90 Å². The molecule has 0 spiro atoms. The zero-order valence-electron chi connectivity index (χ0n) is 6.51. The number of hydrogen-bond donors (Lipinski definition) is 2. The van der Waals surface area contributed by atoms with Crippen LogP contribution in [0.2, 0.25) is 0 Å². The third-order valence-electron chi connectivity index (χ3n) is 1.38. The number of rotatable bonds is 2. The average molecular weight is 194 g/mol. The summed E-state index contributed by atoms with van der Waals surface area (Å²) < 4.78 is 0. The van der Waals surface area contributed by atoms with E-state index in [0.29, 0.717) is 5.16 Å². The summed E-state index contributed by atoms with van der Waals surface area (Å²) in [5.41, 5.74) is 0. The van der Waals surface area contributed by atoms with E-state index in [1.54, 1.807) is 24.3 Å². The summed E-state index contributed by atoms with van der Waals surface area (Å²) in [6, 6.07) is 6.82. The van der Waals surface area contributed by atoms with Gasteiger partial charge in [-0.25, -0.2) is 5.10 Å². The van der Waals surface area contributed by atoms with Crippen LogP contribution in [0.5, 0.6) is 5.75 Å². The Labute approximate surface area is 78.2 Å². The number of nitrogens with zero attached hydrogens (tertiary/aromatic N) is 3. The van der Waals surface area contributed by atoms with Crippen LogP contribution in [-0.4, -0.2) is 25.7 Å². The van der Waals surface area contributed by atoms with Crippen LogP contribution in [0.1, 0.15) is 0 Å². The minimum atomic E-state index is 0.250. The van der Waals surface area contributed by atoms with Crippen molar-refractivity contribution in [2.24, 2.45) is 0 Å². The molecule has 0 atom stereocenters. The molecule has 1 aromatic heterocycles. The Hall–Kier alpha value is -1.56. The number of aromatic hydroxyl groups is 1. The van der Waals surface area contributed by atoms with E-state index < -0.39 is 0 Å². The molecule has 0 saturated carbocycles. The Balaban J connectivity index is 2.15. The Morgan fingerprint density at radius 3 is 2.62 bits per heavy atom. The molecule has 0 aliphatic carbocycles. The van der Waals surface area contributed by atoms with Gasteiger partial charge in [-0.2, -0.15) is 0 Å². The lowest BCUT2D eigenvalue weighted by molar-refractivity contribution is 0.475. The van der Waals surface area contributed by atoms with Gasteiger partial charge in [0.15, 0.2) is 0 Å². The lowest BCUT2D eigenvalue weighted by atomic mass is 10.3. The fourth-order valence-electron chi connectivity index (χ4n) is 0.820. The van der Waals surface area contributed by atoms with Crippen molar-refractivity contribution in [2.75, 3.05) is 0 Å². The Bertz CT molecular complexity index is 372. The van der Waals surface area contributed by atoms with Gasteiger partial charge in [-0.15, -0.1) is 5.10 Å². The van der Waals surface area contributed by atoms with Gasteiger partial charge in [0.1, 0.15) is 5.75 Å². The SMILES string of the molecule is Oc1ccc(Sc2nnn[nH]2)cc1. The summed E-state index contributed by atoms with van der Waals surface area (Å²) in [4.78, 5) is 0.969. The first-order valence-corrected chi connectivity index (χ1v) is 4.37. The Morgan fingerprint density at radius 2 is 2.00 bits per heavy atom. The highest BCUT2D eigenvalue weighted by Crippen LogP contribution is 2.24. The van der Waals surface area contributed by atoms with Gasteiger partial charge in [0.05, 0.1) is 0 Å². The molecule has 0 radical (unpaired) electrons. The van der Waals surface area contributed by atoms with E-state index in [9.17, 15) is 0 Å². The minimum Gasteiger partial charge on any atom is -0.508 e. The number of benzene rings is 1. The zero-order valence-corrected chi connectivity index (χ0v) is 7.32. The number of aromatic amines is 1. The van der Waals surface area contributed by atoms with Gasteiger partial charge in [0.2, 0.25) is 5.16 Å². The van der Waals surface area contributed by atoms with Crippen LogP contribution in [0, 0.1) is 0 Å². The second-order valence-corrected chi connectivity index (χ2v) is 3.36. The van der Waals surface area contributed by atoms with E-state index in [-0.39, 0.29) is 5.75 Å². The van der Waals surface area contributed by atoms with Crippen molar-refractivity contribution in [1.29, 1.82) is 0 Å². The molecule has 2 aromatic rings. The number of phenols is 1. The molecule has 5 nitrogen and oxygen atoms in total. The first-order chi connectivity index (χ1) is 6.34. The molecule has 0 aliphatic rings. The van der Waals surface area contributed by atoms with Crippen LogP contribution in [0.4, 0.5) is 0 Å². The van der Waals surface area contributed by atoms with Crippen LogP contribution in [0.25, 0.3) is 0 Å². The summed E-state index contributed by atoms with van der Waals surface area (Å²) in [6.07, 6.45) is 0. The average Bonchev–Trinajstić information content (AvgIpc) is 2.62. The largest absolute Gasteiger partial charge is 0.508 e. The Morgan fingerprint density at radius 1 is 1.23 bits per heavy atom. The van der Waals surface area contributed by atoms with Gasteiger partial charge in [-0.05, 0) is 46.5 Å². The van der Waals surface area contributed by atoms with Crippen LogP contribution in [0.3, 0.4) is 0 Å². The number of H-pyrrole nitrogens is 1. The maximum Gasteiger partial charge on any atom is 0.211 e. The monoisotopic (exact) mass is 194 g/mol. The maximum atomic E-state index is 9.03. The van der Waals surface area contributed by atoms with Gasteiger partial charge in [-0.3, -0.25) is 0 Å². The highest BCUT2D eigenvalue weighted by atomic mass is 32.2. The maximum absolute atomic E-state index is 9.03. The minimum absolute atomic E-state index is 0.250. The van der Waals surface area contributed by atoms with Crippen LogP contribution in [-0.2, 0) is 0 Å². The molecule has 0 bridgehead atoms. The highest BCUT2D eigenvalue weighted by molar-refractivity contribution is 7.99. The van der Waals surface area contributed by atoms with Crippen molar-refractivity contribution >= 4 is 11.8 Å². The smallest absolute Gasteiger partial charge is 0.211 e. The van der Waals surface area contributed by atoms with Gasteiger partial charge in [0, 0.05) is 4.90 Å². The number of hydrogen-bond acceptors (Lipinski definition) is 5. The molecule has 0 aliphatic heterocycles. The van der Waals surface area contributed by atoms with E-state index in [4.69, 9.17) is 5.11 Å². The predicted molar refractivity (Wildman–Crippen MR) is 46.4 cm³/mol. The topological polar surface area (TPSA) is 74.7 Å². The molecule has 0 unspecified atom stereocenters. The zero-order chi connectivity index (χ0) is 9.10. The molecule has 1 heterocycles. The van der Waals surface area contributed by atoms with Crippen molar-refractivity contribution in [3.8, 4) is 5.75 Å². The lowest BCUT2D eigenvalue weighted by Crippen LogP contribution is -1.75. The fourth-order valence-corrected chi connectivity index (χ4v) is 1.48. The normalized spacial score (nSPS) is 10.2. The summed E-state index contributed by atoms with van der Waals surface area (Å²) in [7, 11) is 0. The third kappa shape index (κ3) is 1.97. The van der Waals surface area contributed by atoms with Crippen LogP contribution >= 0.6 is 11.8 Å². The van der Waals surface area contributed by atoms with E-state index >= 15 is 0 Å². The molecule has 2 rings (SSSR count). The number of phenolic OH excluding ortho intramolecular Hbond substituents is 1. The van der Waals surface area contributed by atoms with Crippen molar-refractivity contribution in [2.45, 2.75) is 10.1 Å². The molecule has 13 heavy (non-hydrogen) atoms. The standard InChI is InChI=1S/C7H6N4OS/c12-5-1-3-6(4-2-5)13-7-8-10-11-9-7/h1-4,12H,(H,8,9,10,11). The van der Waals surface area contributed by atoms with Crippen molar-refractivity contribution < 1.29 is 5.11 Å². The summed E-state index contributed by atoms with van der Waals surface area (Å²) in [5.74, 6) is 0.250. The Kier molecular flexibility index (Phi) is 2.13. The second kappa shape index (κ2) is 3.44. The van der Waals surface area contributed by atoms with Crippen molar-refractivity contribution in [3.63, 3.8) is 0 Å². The second-order valence-electron chi connectivity index (χ2n) is 2.30. The molecule has 66 valence electrons. The summed E-state index contributed by atoms with van der Waals surface area (Å²) in [6.45, 7) is 0. The first kappa shape index (κ1) is 8.06. The first-order valence-electron chi connectivity index (χ1n) is 3.55. The van der Waals surface area contributed by atoms with Crippen LogP contribution in [0.15, 0.2) is 34.3 Å². The van der Waals surface area contributed by atoms with E-state index in [1.807, 2.05) is 0 Å². The number of aromatic nitrogens is 4. The van der Waals surface area contributed by atoms with Gasteiger partial charge in [0.25, 0.3) is 0 Å². The number of tetrazole rings is 1. The summed E-state index contributed by atoms with van der Waals surface area (Å²) in [5, 5.41) is 22.9. The van der Waals surface area contributed by atoms with Crippen LogP contribution < -0.4 is 0 Å². The molecular formula is C7H6N4OS. The molecule has 0 saturated heterocycles. The summed E-state index contributed by atoms with van der Waals surface area (Å²) >= 11 is 1.40. The molecule has 1 aromatic carbocycles. The fraction of sp³-hybridized carbons (Fsp3) is 0. The van der Waals surface area contributed by atoms with E-state index in [1.165, 1.54) is 11.8 Å². The molecular weight excluding hydrogens is 188 g/mol.